The van der Waals surface area contributed by atoms with Gasteiger partial charge < -0.3 is 20.1 Å². The molecule has 1 unspecified atom stereocenters. The van der Waals surface area contributed by atoms with Crippen LogP contribution in [-0.2, 0) is 11.2 Å². The number of aryl methyl sites for hydroxylation is 1. The third kappa shape index (κ3) is 4.87. The molecule has 0 aliphatic carbocycles. The Bertz CT molecular complexity index is 517. The van der Waals surface area contributed by atoms with Gasteiger partial charge in [-0.1, -0.05) is 6.92 Å². The Kier molecular flexibility index (Phi) is 6.91. The maximum Gasteiger partial charge on any atom is 0.226 e. The van der Waals surface area contributed by atoms with Crippen molar-refractivity contribution in [2.24, 2.45) is 17.6 Å². The number of amides is 1. The van der Waals surface area contributed by atoms with Crippen molar-refractivity contribution in [1.82, 2.24) is 4.90 Å². The topological polar surface area (TPSA) is 64.8 Å². The summed E-state index contributed by atoms with van der Waals surface area (Å²) in [7, 11) is 3.35. The van der Waals surface area contributed by atoms with Gasteiger partial charge in [0.05, 0.1) is 14.2 Å². The highest BCUT2D eigenvalue weighted by atomic mass is 16.5. The van der Waals surface area contributed by atoms with Crippen molar-refractivity contribution in [3.05, 3.63) is 23.8 Å². The molecular weight excluding hydrogens is 304 g/mol. The van der Waals surface area contributed by atoms with E-state index < -0.39 is 0 Å². The quantitative estimate of drug-likeness (QED) is 0.832. The van der Waals surface area contributed by atoms with Crippen LogP contribution in [-0.4, -0.2) is 44.7 Å². The van der Waals surface area contributed by atoms with Gasteiger partial charge in [-0.2, -0.15) is 0 Å². The number of hydrogen-bond acceptors (Lipinski definition) is 4. The van der Waals surface area contributed by atoms with Crippen LogP contribution in [0.5, 0.6) is 11.5 Å². The average Bonchev–Trinajstić information content (AvgIpc) is 2.65. The molecule has 0 spiro atoms. The van der Waals surface area contributed by atoms with Crippen LogP contribution in [0.25, 0.3) is 0 Å². The minimum atomic E-state index is -0.0641. The maximum atomic E-state index is 12.2. The fourth-order valence-corrected chi connectivity index (χ4v) is 3.24. The van der Waals surface area contributed by atoms with Crippen molar-refractivity contribution < 1.29 is 14.3 Å². The molecule has 1 amide bonds. The van der Waals surface area contributed by atoms with E-state index in [1.54, 1.807) is 14.2 Å². The van der Waals surface area contributed by atoms with Gasteiger partial charge in [-0.25, -0.2) is 0 Å². The van der Waals surface area contributed by atoms with Crippen molar-refractivity contribution in [3.8, 4) is 11.5 Å². The number of ether oxygens (including phenoxy) is 2. The Labute approximate surface area is 145 Å². The SMILES string of the molecule is COc1cc(CCC2CCN(C(=O)C(C)CN)CC2)cc(OC)c1. The Morgan fingerprint density at radius 2 is 1.79 bits per heavy atom. The van der Waals surface area contributed by atoms with Gasteiger partial charge in [-0.15, -0.1) is 0 Å². The molecule has 0 aromatic heterocycles. The van der Waals surface area contributed by atoms with Crippen molar-refractivity contribution >= 4 is 5.91 Å². The van der Waals surface area contributed by atoms with E-state index in [0.717, 1.165) is 50.3 Å². The highest BCUT2D eigenvalue weighted by Gasteiger charge is 2.25. The maximum absolute atomic E-state index is 12.2. The molecule has 1 aromatic rings. The molecule has 1 saturated heterocycles. The van der Waals surface area contributed by atoms with Gasteiger partial charge in [0.2, 0.25) is 5.91 Å². The molecule has 1 fully saturated rings. The summed E-state index contributed by atoms with van der Waals surface area (Å²) in [6.45, 7) is 4.05. The Morgan fingerprint density at radius 3 is 2.29 bits per heavy atom. The fourth-order valence-electron chi connectivity index (χ4n) is 3.24. The third-order valence-electron chi connectivity index (χ3n) is 4.95. The molecule has 1 atom stereocenters. The van der Waals surface area contributed by atoms with Crippen LogP contribution in [0.4, 0.5) is 0 Å². The van der Waals surface area contributed by atoms with Crippen LogP contribution in [0.3, 0.4) is 0 Å². The van der Waals surface area contributed by atoms with Gasteiger partial charge >= 0.3 is 0 Å². The van der Waals surface area contributed by atoms with Crippen LogP contribution in [0.15, 0.2) is 18.2 Å². The molecule has 2 rings (SSSR count). The molecule has 5 nitrogen and oxygen atoms in total. The molecule has 1 aliphatic rings. The second-order valence-electron chi connectivity index (χ2n) is 6.67. The van der Waals surface area contributed by atoms with E-state index in [-0.39, 0.29) is 11.8 Å². The Morgan fingerprint density at radius 1 is 1.21 bits per heavy atom. The molecule has 5 heteroatoms. The number of carbonyl (C=O) groups is 1. The zero-order chi connectivity index (χ0) is 17.5. The van der Waals surface area contributed by atoms with Gasteiger partial charge in [0.15, 0.2) is 0 Å². The van der Waals surface area contributed by atoms with Crippen molar-refractivity contribution in [1.29, 1.82) is 0 Å². The fraction of sp³-hybridized carbons (Fsp3) is 0.632. The summed E-state index contributed by atoms with van der Waals surface area (Å²) in [5.74, 6) is 2.47. The van der Waals surface area contributed by atoms with E-state index in [2.05, 4.69) is 12.1 Å². The first-order valence-corrected chi connectivity index (χ1v) is 8.78. The monoisotopic (exact) mass is 334 g/mol. The molecular formula is C19H30N2O3. The van der Waals surface area contributed by atoms with Crippen LogP contribution < -0.4 is 15.2 Å². The van der Waals surface area contributed by atoms with Gasteiger partial charge in [-0.05, 0) is 49.3 Å². The van der Waals surface area contributed by atoms with Crippen LogP contribution >= 0.6 is 0 Å². The number of methoxy groups -OCH3 is 2. The highest BCUT2D eigenvalue weighted by molar-refractivity contribution is 5.78. The molecule has 0 saturated carbocycles. The third-order valence-corrected chi connectivity index (χ3v) is 4.95. The summed E-state index contributed by atoms with van der Waals surface area (Å²) >= 11 is 0. The molecule has 2 N–H and O–H groups in total. The standard InChI is InChI=1S/C19H30N2O3/c1-14(13-20)19(22)21-8-6-15(7-9-21)4-5-16-10-17(23-2)12-18(11-16)24-3/h10-12,14-15H,4-9,13,20H2,1-3H3. The van der Waals surface area contributed by atoms with E-state index in [1.165, 1.54) is 5.56 Å². The predicted octanol–water partition coefficient (Wildman–Crippen LogP) is 2.47. The van der Waals surface area contributed by atoms with Crippen LogP contribution in [0.1, 0.15) is 31.7 Å². The van der Waals surface area contributed by atoms with Crippen molar-refractivity contribution in [2.45, 2.75) is 32.6 Å². The number of likely N-dealkylation sites (tertiary alicyclic amines) is 1. The summed E-state index contributed by atoms with van der Waals surface area (Å²) in [4.78, 5) is 14.1. The normalized spacial score (nSPS) is 16.8. The second-order valence-corrected chi connectivity index (χ2v) is 6.67. The molecule has 0 bridgehead atoms. The Hall–Kier alpha value is -1.75. The number of piperidine rings is 1. The lowest BCUT2D eigenvalue weighted by molar-refractivity contribution is -0.136. The average molecular weight is 334 g/mol. The van der Waals surface area contributed by atoms with E-state index in [4.69, 9.17) is 15.2 Å². The first-order valence-electron chi connectivity index (χ1n) is 8.78. The summed E-state index contributed by atoms with van der Waals surface area (Å²) < 4.78 is 10.7. The molecule has 24 heavy (non-hydrogen) atoms. The molecule has 1 aromatic carbocycles. The van der Waals surface area contributed by atoms with Gasteiger partial charge in [0.25, 0.3) is 0 Å². The number of hydrogen-bond donors (Lipinski definition) is 1. The number of rotatable bonds is 7. The zero-order valence-corrected chi connectivity index (χ0v) is 15.1. The molecule has 134 valence electrons. The second kappa shape index (κ2) is 8.92. The van der Waals surface area contributed by atoms with Crippen molar-refractivity contribution in [2.75, 3.05) is 33.9 Å². The Balaban J connectivity index is 1.83. The van der Waals surface area contributed by atoms with E-state index >= 15 is 0 Å². The number of nitrogens with zero attached hydrogens (tertiary/aromatic N) is 1. The largest absolute Gasteiger partial charge is 0.497 e. The number of nitrogens with two attached hydrogens (primary N) is 1. The minimum absolute atomic E-state index is 0.0641. The molecule has 0 radical (unpaired) electrons. The molecule has 1 aliphatic heterocycles. The van der Waals surface area contributed by atoms with E-state index in [9.17, 15) is 4.79 Å². The lowest BCUT2D eigenvalue weighted by Crippen LogP contribution is -2.42. The van der Waals surface area contributed by atoms with Gasteiger partial charge in [-0.3, -0.25) is 4.79 Å². The highest BCUT2D eigenvalue weighted by Crippen LogP contribution is 2.27. The van der Waals surface area contributed by atoms with Crippen molar-refractivity contribution in [3.63, 3.8) is 0 Å². The van der Waals surface area contributed by atoms with Crippen LogP contribution in [0.2, 0.25) is 0 Å². The van der Waals surface area contributed by atoms with Gasteiger partial charge in [0, 0.05) is 31.6 Å². The lowest BCUT2D eigenvalue weighted by atomic mass is 9.90. The summed E-state index contributed by atoms with van der Waals surface area (Å²) in [5, 5.41) is 0. The first-order chi connectivity index (χ1) is 11.6. The predicted molar refractivity (Wildman–Crippen MR) is 95.4 cm³/mol. The minimum Gasteiger partial charge on any atom is -0.497 e. The van der Waals surface area contributed by atoms with E-state index in [1.807, 2.05) is 17.9 Å². The van der Waals surface area contributed by atoms with Crippen LogP contribution in [0, 0.1) is 11.8 Å². The molecule has 1 heterocycles. The summed E-state index contributed by atoms with van der Waals surface area (Å²) in [6, 6.07) is 6.04. The van der Waals surface area contributed by atoms with E-state index in [0.29, 0.717) is 12.5 Å². The number of carbonyl (C=O) groups excluding carboxylic acids is 1. The number of benzene rings is 1. The summed E-state index contributed by atoms with van der Waals surface area (Å²) in [6.07, 6.45) is 4.28. The summed E-state index contributed by atoms with van der Waals surface area (Å²) in [5.41, 5.74) is 6.84. The lowest BCUT2D eigenvalue weighted by Gasteiger charge is -2.33. The zero-order valence-electron chi connectivity index (χ0n) is 15.1. The first kappa shape index (κ1) is 18.6. The smallest absolute Gasteiger partial charge is 0.226 e. The van der Waals surface area contributed by atoms with Gasteiger partial charge in [0.1, 0.15) is 11.5 Å².